The number of nitrogens with zero attached hydrogens (tertiary/aromatic N) is 6. The Labute approximate surface area is 171 Å². The fourth-order valence-corrected chi connectivity index (χ4v) is 4.24. The summed E-state index contributed by atoms with van der Waals surface area (Å²) in [6, 6.07) is 6.58. The number of carbonyl (C=O) groups excluding carboxylic acids is 2. The van der Waals surface area contributed by atoms with E-state index >= 15 is 0 Å². The van der Waals surface area contributed by atoms with Crippen LogP contribution in [-0.2, 0) is 16.8 Å². The Kier molecular flexibility index (Phi) is 3.90. The third-order valence-electron chi connectivity index (χ3n) is 5.81. The first kappa shape index (κ1) is 18.0. The first-order valence-electron chi connectivity index (χ1n) is 9.59. The normalized spacial score (nSPS) is 19.9. The summed E-state index contributed by atoms with van der Waals surface area (Å²) in [6.07, 6.45) is 4.05. The van der Waals surface area contributed by atoms with E-state index in [2.05, 4.69) is 25.6 Å². The molecule has 2 aromatic rings. The molecule has 1 atom stereocenters. The fourth-order valence-electron chi connectivity index (χ4n) is 4.24. The minimum absolute atomic E-state index is 0.126. The van der Waals surface area contributed by atoms with Gasteiger partial charge in [-0.3, -0.25) is 9.78 Å². The summed E-state index contributed by atoms with van der Waals surface area (Å²) in [7, 11) is 0. The van der Waals surface area contributed by atoms with Gasteiger partial charge in [-0.2, -0.15) is 10.5 Å². The Morgan fingerprint density at radius 3 is 2.80 bits per heavy atom. The SMILES string of the molecule is N#Cc1cnc2c(n1)CC[C@H]2NC(=O)CN1C(=O)Nc2ccc(C#N)nc2C12CC2. The van der Waals surface area contributed by atoms with Crippen LogP contribution in [0.25, 0.3) is 0 Å². The molecule has 0 bridgehead atoms. The van der Waals surface area contributed by atoms with E-state index in [4.69, 9.17) is 10.5 Å². The van der Waals surface area contributed by atoms with Gasteiger partial charge in [0.25, 0.3) is 0 Å². The van der Waals surface area contributed by atoms with Gasteiger partial charge >= 0.3 is 6.03 Å². The number of nitrogens with one attached hydrogen (secondary N) is 2. The number of fused-ring (bicyclic) bond motifs is 3. The van der Waals surface area contributed by atoms with Crippen LogP contribution in [-0.4, -0.2) is 38.3 Å². The van der Waals surface area contributed by atoms with E-state index in [-0.39, 0.29) is 35.9 Å². The molecule has 1 fully saturated rings. The van der Waals surface area contributed by atoms with Gasteiger partial charge in [-0.05, 0) is 37.8 Å². The van der Waals surface area contributed by atoms with Crippen molar-refractivity contribution in [2.75, 3.05) is 11.9 Å². The van der Waals surface area contributed by atoms with Gasteiger partial charge in [-0.15, -0.1) is 0 Å². The summed E-state index contributed by atoms with van der Waals surface area (Å²) in [5, 5.41) is 23.8. The van der Waals surface area contributed by atoms with Gasteiger partial charge in [0.15, 0.2) is 5.69 Å². The van der Waals surface area contributed by atoms with Gasteiger partial charge in [0.2, 0.25) is 5.91 Å². The number of aryl methyl sites for hydroxylation is 1. The largest absolute Gasteiger partial charge is 0.346 e. The van der Waals surface area contributed by atoms with Crippen molar-refractivity contribution in [3.05, 3.63) is 46.8 Å². The topological polar surface area (TPSA) is 148 Å². The van der Waals surface area contributed by atoms with Crippen molar-refractivity contribution in [1.29, 1.82) is 10.5 Å². The summed E-state index contributed by atoms with van der Waals surface area (Å²) < 4.78 is 0. The average molecular weight is 400 g/mol. The zero-order valence-corrected chi connectivity index (χ0v) is 15.8. The monoisotopic (exact) mass is 400 g/mol. The zero-order valence-electron chi connectivity index (χ0n) is 15.8. The van der Waals surface area contributed by atoms with Gasteiger partial charge in [0.05, 0.1) is 40.5 Å². The summed E-state index contributed by atoms with van der Waals surface area (Å²) in [6.45, 7) is -0.126. The molecule has 148 valence electrons. The molecule has 3 aliphatic rings. The van der Waals surface area contributed by atoms with Crippen LogP contribution < -0.4 is 10.6 Å². The average Bonchev–Trinajstić information content (AvgIpc) is 3.46. The van der Waals surface area contributed by atoms with Crippen LogP contribution in [0.15, 0.2) is 18.3 Å². The summed E-state index contributed by atoms with van der Waals surface area (Å²) >= 11 is 0. The van der Waals surface area contributed by atoms with E-state index in [9.17, 15) is 9.59 Å². The molecule has 10 nitrogen and oxygen atoms in total. The Hall–Kier alpha value is -4.05. The lowest BCUT2D eigenvalue weighted by atomic mass is 10.0. The van der Waals surface area contributed by atoms with Crippen molar-refractivity contribution in [2.45, 2.75) is 37.3 Å². The second kappa shape index (κ2) is 6.49. The molecule has 3 heterocycles. The lowest BCUT2D eigenvalue weighted by Crippen LogP contribution is -2.52. The molecule has 1 aliphatic heterocycles. The minimum Gasteiger partial charge on any atom is -0.346 e. The third-order valence-corrected chi connectivity index (χ3v) is 5.81. The molecular weight excluding hydrogens is 384 g/mol. The first-order chi connectivity index (χ1) is 14.5. The third kappa shape index (κ3) is 2.73. The molecule has 0 saturated heterocycles. The van der Waals surface area contributed by atoms with Crippen LogP contribution in [0.3, 0.4) is 0 Å². The number of carbonyl (C=O) groups is 2. The van der Waals surface area contributed by atoms with E-state index in [1.165, 1.54) is 11.1 Å². The van der Waals surface area contributed by atoms with E-state index < -0.39 is 5.54 Å². The van der Waals surface area contributed by atoms with Crippen molar-refractivity contribution in [2.24, 2.45) is 0 Å². The van der Waals surface area contributed by atoms with Crippen LogP contribution in [0, 0.1) is 22.7 Å². The maximum Gasteiger partial charge on any atom is 0.323 e. The highest BCUT2D eigenvalue weighted by molar-refractivity contribution is 5.96. The summed E-state index contributed by atoms with van der Waals surface area (Å²) in [5.74, 6) is -0.305. The maximum atomic E-state index is 12.8. The Morgan fingerprint density at radius 1 is 1.27 bits per heavy atom. The smallest absolute Gasteiger partial charge is 0.323 e. The minimum atomic E-state index is -0.642. The van der Waals surface area contributed by atoms with Gasteiger partial charge in [-0.1, -0.05) is 0 Å². The molecule has 0 unspecified atom stereocenters. The number of pyridine rings is 1. The Morgan fingerprint density at radius 2 is 2.07 bits per heavy atom. The fraction of sp³-hybridized carbons (Fsp3) is 0.350. The van der Waals surface area contributed by atoms with Crippen LogP contribution >= 0.6 is 0 Å². The second-order valence-corrected chi connectivity index (χ2v) is 7.61. The van der Waals surface area contributed by atoms with E-state index in [0.29, 0.717) is 42.8 Å². The highest BCUT2D eigenvalue weighted by atomic mass is 16.2. The lowest BCUT2D eigenvalue weighted by molar-refractivity contribution is -0.123. The van der Waals surface area contributed by atoms with Gasteiger partial charge in [0, 0.05) is 0 Å². The zero-order chi connectivity index (χ0) is 20.9. The molecule has 10 heteroatoms. The van der Waals surface area contributed by atoms with E-state index in [0.717, 1.165) is 5.69 Å². The predicted octanol–water partition coefficient (Wildman–Crippen LogP) is 1.26. The van der Waals surface area contributed by atoms with Crippen molar-refractivity contribution in [3.8, 4) is 12.1 Å². The summed E-state index contributed by atoms with van der Waals surface area (Å²) in [5.41, 5.74) is 2.49. The van der Waals surface area contributed by atoms with Gasteiger partial charge in [-0.25, -0.2) is 14.8 Å². The Balaban J connectivity index is 1.34. The summed E-state index contributed by atoms with van der Waals surface area (Å²) in [4.78, 5) is 39.9. The molecule has 1 saturated carbocycles. The van der Waals surface area contributed by atoms with Crippen LogP contribution in [0.5, 0.6) is 0 Å². The van der Waals surface area contributed by atoms with Crippen molar-refractivity contribution in [3.63, 3.8) is 0 Å². The number of nitriles is 2. The molecule has 5 rings (SSSR count). The standard InChI is InChI=1S/C20H16N8O2/c21-7-11-1-2-15-18(25-11)20(5-6-20)28(19(30)27-15)10-16(29)26-14-4-3-13-17(14)23-9-12(8-22)24-13/h1-2,9,14H,3-6,10H2,(H,26,29)(H,27,30)/t14-/m1/s1. The number of urea groups is 1. The second-order valence-electron chi connectivity index (χ2n) is 7.61. The molecule has 1 spiro atoms. The van der Waals surface area contributed by atoms with Gasteiger partial charge in [0.1, 0.15) is 24.4 Å². The molecule has 0 radical (unpaired) electrons. The number of hydrogen-bond acceptors (Lipinski definition) is 7. The quantitative estimate of drug-likeness (QED) is 0.788. The van der Waals surface area contributed by atoms with E-state index in [1.54, 1.807) is 12.1 Å². The highest BCUT2D eigenvalue weighted by Crippen LogP contribution is 2.54. The highest BCUT2D eigenvalue weighted by Gasteiger charge is 2.57. The van der Waals surface area contributed by atoms with Crippen LogP contribution in [0.4, 0.5) is 10.5 Å². The van der Waals surface area contributed by atoms with Crippen molar-refractivity contribution < 1.29 is 9.59 Å². The molecule has 2 aromatic heterocycles. The first-order valence-corrected chi connectivity index (χ1v) is 9.59. The number of aromatic nitrogens is 3. The molecular formula is C20H16N8O2. The Bertz CT molecular complexity index is 1170. The molecule has 2 N–H and O–H groups in total. The molecule has 30 heavy (non-hydrogen) atoms. The number of amides is 3. The maximum absolute atomic E-state index is 12.8. The van der Waals surface area contributed by atoms with Crippen LogP contribution in [0.1, 0.15) is 53.8 Å². The molecule has 3 amide bonds. The molecule has 0 aromatic carbocycles. The number of anilines is 1. The predicted molar refractivity (Wildman–Crippen MR) is 102 cm³/mol. The molecule has 2 aliphatic carbocycles. The van der Waals surface area contributed by atoms with Crippen molar-refractivity contribution >= 4 is 17.6 Å². The number of rotatable bonds is 3. The lowest BCUT2D eigenvalue weighted by Gasteiger charge is -2.36. The number of hydrogen-bond donors (Lipinski definition) is 2. The van der Waals surface area contributed by atoms with Crippen molar-refractivity contribution in [1.82, 2.24) is 25.2 Å². The van der Waals surface area contributed by atoms with Gasteiger partial charge < -0.3 is 15.5 Å². The van der Waals surface area contributed by atoms with Crippen LogP contribution in [0.2, 0.25) is 0 Å². The van der Waals surface area contributed by atoms with E-state index in [1.807, 2.05) is 12.1 Å².